The zero-order chi connectivity index (χ0) is 18.5. The largest absolute Gasteiger partial charge is 0.496 e. The maximum atomic E-state index is 12.6. The third-order valence-corrected chi connectivity index (χ3v) is 3.86. The Morgan fingerprint density at radius 2 is 1.69 bits per heavy atom. The summed E-state index contributed by atoms with van der Waals surface area (Å²) in [5.74, 6) is 0.238. The number of hydrogen-bond donors (Lipinski definition) is 1. The molecule has 0 aliphatic rings. The number of para-hydroxylation sites is 2. The zero-order valence-corrected chi connectivity index (χ0v) is 14.0. The van der Waals surface area contributed by atoms with E-state index in [0.29, 0.717) is 28.3 Å². The van der Waals surface area contributed by atoms with Gasteiger partial charge in [0.2, 0.25) is 0 Å². The number of nitro benzene ring substituents is 1. The number of ether oxygens (including phenoxy) is 1. The van der Waals surface area contributed by atoms with Gasteiger partial charge in [-0.1, -0.05) is 42.5 Å². The molecule has 0 heterocycles. The lowest BCUT2D eigenvalue weighted by molar-refractivity contribution is -0.383. The van der Waals surface area contributed by atoms with Gasteiger partial charge in [-0.2, -0.15) is 0 Å². The van der Waals surface area contributed by atoms with Crippen molar-refractivity contribution in [2.24, 2.45) is 0 Å². The van der Waals surface area contributed by atoms with Crippen molar-refractivity contribution in [1.82, 2.24) is 0 Å². The van der Waals surface area contributed by atoms with Crippen LogP contribution in [-0.4, -0.2) is 17.8 Å². The van der Waals surface area contributed by atoms with Crippen molar-refractivity contribution in [2.75, 3.05) is 12.4 Å². The smallest absolute Gasteiger partial charge is 0.292 e. The molecular formula is C20H16N2O4. The molecule has 0 saturated heterocycles. The predicted molar refractivity (Wildman–Crippen MR) is 99.2 cm³/mol. The highest BCUT2D eigenvalue weighted by molar-refractivity contribution is 6.11. The van der Waals surface area contributed by atoms with Crippen LogP contribution in [0.25, 0.3) is 0 Å². The topological polar surface area (TPSA) is 81.5 Å². The van der Waals surface area contributed by atoms with Crippen molar-refractivity contribution >= 4 is 22.8 Å². The van der Waals surface area contributed by atoms with E-state index in [2.05, 4.69) is 5.32 Å². The van der Waals surface area contributed by atoms with E-state index in [0.717, 1.165) is 0 Å². The molecule has 0 radical (unpaired) electrons. The van der Waals surface area contributed by atoms with Gasteiger partial charge in [-0.3, -0.25) is 14.9 Å². The molecule has 6 nitrogen and oxygen atoms in total. The summed E-state index contributed by atoms with van der Waals surface area (Å²) in [4.78, 5) is 23.3. The van der Waals surface area contributed by atoms with Crippen molar-refractivity contribution in [2.45, 2.75) is 0 Å². The van der Waals surface area contributed by atoms with Gasteiger partial charge >= 0.3 is 0 Å². The minimum absolute atomic E-state index is 0.0316. The average Bonchev–Trinajstić information content (AvgIpc) is 2.68. The van der Waals surface area contributed by atoms with Crippen LogP contribution in [0.15, 0.2) is 72.8 Å². The van der Waals surface area contributed by atoms with E-state index >= 15 is 0 Å². The van der Waals surface area contributed by atoms with E-state index < -0.39 is 4.92 Å². The molecule has 1 N–H and O–H groups in total. The molecule has 26 heavy (non-hydrogen) atoms. The Balaban J connectivity index is 1.93. The van der Waals surface area contributed by atoms with Crippen molar-refractivity contribution in [3.8, 4) is 5.75 Å². The maximum Gasteiger partial charge on any atom is 0.292 e. The third kappa shape index (κ3) is 3.54. The van der Waals surface area contributed by atoms with Gasteiger partial charge in [-0.05, 0) is 18.2 Å². The fourth-order valence-corrected chi connectivity index (χ4v) is 2.60. The molecule has 3 rings (SSSR count). The van der Waals surface area contributed by atoms with Crippen LogP contribution < -0.4 is 10.1 Å². The summed E-state index contributed by atoms with van der Waals surface area (Å²) in [6.45, 7) is 0. The van der Waals surface area contributed by atoms with Gasteiger partial charge in [0.25, 0.3) is 5.69 Å². The lowest BCUT2D eigenvalue weighted by atomic mass is 10.0. The molecule has 0 bridgehead atoms. The van der Waals surface area contributed by atoms with Crippen molar-refractivity contribution < 1.29 is 14.5 Å². The number of anilines is 2. The number of methoxy groups -OCH3 is 1. The van der Waals surface area contributed by atoms with Gasteiger partial charge in [0, 0.05) is 23.4 Å². The van der Waals surface area contributed by atoms with Gasteiger partial charge in [-0.25, -0.2) is 0 Å². The quantitative estimate of drug-likeness (QED) is 0.401. The first-order valence-electron chi connectivity index (χ1n) is 7.88. The summed E-state index contributed by atoms with van der Waals surface area (Å²) in [5, 5.41) is 14.1. The lowest BCUT2D eigenvalue weighted by Gasteiger charge is -2.12. The van der Waals surface area contributed by atoms with E-state index in [4.69, 9.17) is 4.74 Å². The highest BCUT2D eigenvalue weighted by Gasteiger charge is 2.16. The molecule has 0 saturated carbocycles. The Morgan fingerprint density at radius 1 is 1.00 bits per heavy atom. The first-order valence-corrected chi connectivity index (χ1v) is 7.88. The van der Waals surface area contributed by atoms with Crippen LogP contribution in [0.3, 0.4) is 0 Å². The van der Waals surface area contributed by atoms with Crippen LogP contribution in [0.2, 0.25) is 0 Å². The number of carbonyl (C=O) groups is 1. The molecule has 0 spiro atoms. The van der Waals surface area contributed by atoms with E-state index in [1.165, 1.54) is 13.2 Å². The first-order chi connectivity index (χ1) is 12.6. The maximum absolute atomic E-state index is 12.6. The van der Waals surface area contributed by atoms with Gasteiger partial charge in [-0.15, -0.1) is 0 Å². The highest BCUT2D eigenvalue weighted by Crippen LogP contribution is 2.31. The summed E-state index contributed by atoms with van der Waals surface area (Å²) in [5.41, 5.74) is 1.90. The third-order valence-electron chi connectivity index (χ3n) is 3.86. The summed E-state index contributed by atoms with van der Waals surface area (Å²) >= 11 is 0. The minimum atomic E-state index is -0.452. The number of nitrogens with one attached hydrogen (secondary N) is 1. The SMILES string of the molecule is COc1cc(Nc2ccccc2[N+](=O)[O-])ccc1C(=O)c1ccccc1. The van der Waals surface area contributed by atoms with E-state index in [1.807, 2.05) is 6.07 Å². The van der Waals surface area contributed by atoms with Gasteiger partial charge in [0.05, 0.1) is 17.6 Å². The fourth-order valence-electron chi connectivity index (χ4n) is 2.60. The summed E-state index contributed by atoms with van der Waals surface area (Å²) in [6.07, 6.45) is 0. The van der Waals surface area contributed by atoms with Crippen LogP contribution in [0.5, 0.6) is 5.75 Å². The molecular weight excluding hydrogens is 332 g/mol. The van der Waals surface area contributed by atoms with Crippen molar-refractivity contribution in [1.29, 1.82) is 0 Å². The summed E-state index contributed by atoms with van der Waals surface area (Å²) < 4.78 is 5.35. The van der Waals surface area contributed by atoms with Gasteiger partial charge in [0.15, 0.2) is 5.78 Å². The molecule has 0 amide bonds. The number of nitro groups is 1. The second-order valence-electron chi connectivity index (χ2n) is 5.51. The number of rotatable bonds is 6. The van der Waals surface area contributed by atoms with E-state index in [1.54, 1.807) is 60.7 Å². The fraction of sp³-hybridized carbons (Fsp3) is 0.0500. The molecule has 130 valence electrons. The Morgan fingerprint density at radius 3 is 2.38 bits per heavy atom. The van der Waals surface area contributed by atoms with Gasteiger partial charge in [0.1, 0.15) is 11.4 Å². The predicted octanol–water partition coefficient (Wildman–Crippen LogP) is 4.58. The molecule has 0 aliphatic heterocycles. The summed E-state index contributed by atoms with van der Waals surface area (Å²) in [7, 11) is 1.48. The average molecular weight is 348 g/mol. The molecule has 0 aliphatic carbocycles. The number of carbonyl (C=O) groups excluding carboxylic acids is 1. The van der Waals surface area contributed by atoms with Crippen LogP contribution in [-0.2, 0) is 0 Å². The molecule has 3 aromatic carbocycles. The normalized spacial score (nSPS) is 10.2. The molecule has 0 atom stereocenters. The Kier molecular flexibility index (Phi) is 4.94. The Labute approximate surface area is 150 Å². The second-order valence-corrected chi connectivity index (χ2v) is 5.51. The molecule has 0 fully saturated rings. The molecule has 0 unspecified atom stereocenters. The Bertz CT molecular complexity index is 955. The number of nitrogens with zero attached hydrogens (tertiary/aromatic N) is 1. The standard InChI is InChI=1S/C20H16N2O4/c1-26-19-13-15(21-17-9-5-6-10-18(17)22(24)25)11-12-16(19)20(23)14-7-3-2-4-8-14/h2-13,21H,1H3. The minimum Gasteiger partial charge on any atom is -0.496 e. The highest BCUT2D eigenvalue weighted by atomic mass is 16.6. The lowest BCUT2D eigenvalue weighted by Crippen LogP contribution is -2.04. The van der Waals surface area contributed by atoms with Crippen molar-refractivity contribution in [3.63, 3.8) is 0 Å². The van der Waals surface area contributed by atoms with Crippen LogP contribution >= 0.6 is 0 Å². The van der Waals surface area contributed by atoms with Gasteiger partial charge < -0.3 is 10.1 Å². The Hall–Kier alpha value is -3.67. The zero-order valence-electron chi connectivity index (χ0n) is 14.0. The monoisotopic (exact) mass is 348 g/mol. The molecule has 6 heteroatoms. The molecule has 0 aromatic heterocycles. The first kappa shape index (κ1) is 17.2. The number of benzene rings is 3. The van der Waals surface area contributed by atoms with E-state index in [-0.39, 0.29) is 11.5 Å². The van der Waals surface area contributed by atoms with Crippen LogP contribution in [0.1, 0.15) is 15.9 Å². The molecule has 3 aromatic rings. The van der Waals surface area contributed by atoms with Crippen LogP contribution in [0, 0.1) is 10.1 Å². The van der Waals surface area contributed by atoms with Crippen molar-refractivity contribution in [3.05, 3.63) is 94.0 Å². The number of ketones is 1. The number of hydrogen-bond acceptors (Lipinski definition) is 5. The van der Waals surface area contributed by atoms with E-state index in [9.17, 15) is 14.9 Å². The van der Waals surface area contributed by atoms with Crippen LogP contribution in [0.4, 0.5) is 17.1 Å². The second kappa shape index (κ2) is 7.48. The summed E-state index contributed by atoms with van der Waals surface area (Å²) in [6, 6.07) is 20.2.